The van der Waals surface area contributed by atoms with Crippen LogP contribution in [0.3, 0.4) is 0 Å². The SMILES string of the molecule is CC(Cc1cccs1)Nc1ncnc2cc(N)ccc12. The molecule has 2 heterocycles. The van der Waals surface area contributed by atoms with Crippen LogP contribution in [0.25, 0.3) is 10.9 Å². The lowest BCUT2D eigenvalue weighted by atomic mass is 10.1. The Morgan fingerprint density at radius 1 is 1.30 bits per heavy atom. The molecule has 1 atom stereocenters. The van der Waals surface area contributed by atoms with Gasteiger partial charge in [-0.1, -0.05) is 6.07 Å². The second-order valence-electron chi connectivity index (χ2n) is 4.83. The molecule has 0 bridgehead atoms. The summed E-state index contributed by atoms with van der Waals surface area (Å²) in [6, 6.07) is 10.2. The number of hydrogen-bond acceptors (Lipinski definition) is 5. The summed E-state index contributed by atoms with van der Waals surface area (Å²) in [6.07, 6.45) is 2.56. The van der Waals surface area contributed by atoms with Crippen molar-refractivity contribution in [2.75, 3.05) is 11.1 Å². The number of rotatable bonds is 4. The Balaban J connectivity index is 1.83. The Morgan fingerprint density at radius 2 is 2.20 bits per heavy atom. The van der Waals surface area contributed by atoms with Crippen LogP contribution in [0, 0.1) is 0 Å². The van der Waals surface area contributed by atoms with Gasteiger partial charge in [-0.2, -0.15) is 0 Å². The molecular weight excluding hydrogens is 268 g/mol. The highest BCUT2D eigenvalue weighted by molar-refractivity contribution is 7.09. The maximum Gasteiger partial charge on any atom is 0.137 e. The first kappa shape index (κ1) is 12.9. The van der Waals surface area contributed by atoms with Crippen molar-refractivity contribution in [1.29, 1.82) is 0 Å². The van der Waals surface area contributed by atoms with E-state index in [1.807, 2.05) is 18.2 Å². The Hall–Kier alpha value is -2.14. The molecule has 0 amide bonds. The standard InChI is InChI=1S/C15H16N4S/c1-10(7-12-3-2-6-20-12)19-15-13-5-4-11(16)8-14(13)17-9-18-15/h2-6,8-10H,7,16H2,1H3,(H,17,18,19). The molecule has 1 aromatic carbocycles. The lowest BCUT2D eigenvalue weighted by Crippen LogP contribution is -2.18. The molecule has 0 radical (unpaired) electrons. The monoisotopic (exact) mass is 284 g/mol. The molecule has 1 unspecified atom stereocenters. The number of nitrogens with two attached hydrogens (primary N) is 1. The van der Waals surface area contributed by atoms with Crippen molar-refractivity contribution >= 4 is 33.7 Å². The average molecular weight is 284 g/mol. The van der Waals surface area contributed by atoms with Gasteiger partial charge in [0.2, 0.25) is 0 Å². The summed E-state index contributed by atoms with van der Waals surface area (Å²) < 4.78 is 0. The fraction of sp³-hybridized carbons (Fsp3) is 0.200. The molecule has 0 aliphatic heterocycles. The van der Waals surface area contributed by atoms with Crippen LogP contribution in [0.15, 0.2) is 42.0 Å². The van der Waals surface area contributed by atoms with Crippen LogP contribution < -0.4 is 11.1 Å². The molecule has 0 saturated carbocycles. The molecule has 3 rings (SSSR count). The zero-order valence-electron chi connectivity index (χ0n) is 11.2. The molecule has 0 fully saturated rings. The van der Waals surface area contributed by atoms with Crippen molar-refractivity contribution in [2.45, 2.75) is 19.4 Å². The van der Waals surface area contributed by atoms with Crippen LogP contribution in [0.5, 0.6) is 0 Å². The van der Waals surface area contributed by atoms with Gasteiger partial charge in [0.15, 0.2) is 0 Å². The minimum atomic E-state index is 0.310. The number of thiophene rings is 1. The van der Waals surface area contributed by atoms with Crippen LogP contribution in [0.4, 0.5) is 11.5 Å². The van der Waals surface area contributed by atoms with Crippen molar-refractivity contribution < 1.29 is 0 Å². The number of fused-ring (bicyclic) bond motifs is 1. The van der Waals surface area contributed by atoms with Crippen LogP contribution in [0.1, 0.15) is 11.8 Å². The lowest BCUT2D eigenvalue weighted by Gasteiger charge is -2.15. The van der Waals surface area contributed by atoms with Gasteiger partial charge < -0.3 is 11.1 Å². The highest BCUT2D eigenvalue weighted by atomic mass is 32.1. The third-order valence-electron chi connectivity index (χ3n) is 3.13. The zero-order chi connectivity index (χ0) is 13.9. The molecule has 2 aromatic heterocycles. The van der Waals surface area contributed by atoms with Crippen molar-refractivity contribution in [3.05, 3.63) is 46.9 Å². The van der Waals surface area contributed by atoms with Gasteiger partial charge in [0.1, 0.15) is 12.1 Å². The Bertz CT molecular complexity index is 709. The smallest absolute Gasteiger partial charge is 0.137 e. The van der Waals surface area contributed by atoms with E-state index < -0.39 is 0 Å². The molecule has 0 spiro atoms. The lowest BCUT2D eigenvalue weighted by molar-refractivity contribution is 0.795. The molecule has 4 nitrogen and oxygen atoms in total. The predicted octanol–water partition coefficient (Wildman–Crippen LogP) is 3.32. The van der Waals surface area contributed by atoms with Gasteiger partial charge >= 0.3 is 0 Å². The largest absolute Gasteiger partial charge is 0.399 e. The highest BCUT2D eigenvalue weighted by Gasteiger charge is 2.08. The second-order valence-corrected chi connectivity index (χ2v) is 5.86. The van der Waals surface area contributed by atoms with E-state index in [1.165, 1.54) is 4.88 Å². The van der Waals surface area contributed by atoms with E-state index >= 15 is 0 Å². The molecule has 20 heavy (non-hydrogen) atoms. The minimum Gasteiger partial charge on any atom is -0.399 e. The van der Waals surface area contributed by atoms with E-state index in [-0.39, 0.29) is 0 Å². The van der Waals surface area contributed by atoms with Gasteiger partial charge in [0, 0.05) is 28.4 Å². The first-order valence-electron chi connectivity index (χ1n) is 6.51. The summed E-state index contributed by atoms with van der Waals surface area (Å²) in [7, 11) is 0. The number of hydrogen-bond donors (Lipinski definition) is 2. The van der Waals surface area contributed by atoms with Gasteiger partial charge in [-0.05, 0) is 36.6 Å². The number of nitrogen functional groups attached to an aromatic ring is 1. The Morgan fingerprint density at radius 3 is 3.00 bits per heavy atom. The van der Waals surface area contributed by atoms with Crippen molar-refractivity contribution in [2.24, 2.45) is 0 Å². The summed E-state index contributed by atoms with van der Waals surface area (Å²) in [5.74, 6) is 0.860. The number of benzene rings is 1. The first-order chi connectivity index (χ1) is 9.72. The van der Waals surface area contributed by atoms with E-state index in [2.05, 4.69) is 39.7 Å². The summed E-state index contributed by atoms with van der Waals surface area (Å²) in [4.78, 5) is 9.97. The predicted molar refractivity (Wildman–Crippen MR) is 85.1 cm³/mol. The average Bonchev–Trinajstić information content (AvgIpc) is 2.91. The molecule has 0 saturated heterocycles. The van der Waals surface area contributed by atoms with Gasteiger partial charge in [-0.25, -0.2) is 9.97 Å². The summed E-state index contributed by atoms with van der Waals surface area (Å²) >= 11 is 1.78. The zero-order valence-corrected chi connectivity index (χ0v) is 12.0. The molecule has 0 aliphatic carbocycles. The third kappa shape index (κ3) is 2.72. The van der Waals surface area contributed by atoms with E-state index in [9.17, 15) is 0 Å². The summed E-state index contributed by atoms with van der Waals surface area (Å²) in [5.41, 5.74) is 7.37. The van der Waals surface area contributed by atoms with Gasteiger partial charge in [-0.15, -0.1) is 11.3 Å². The van der Waals surface area contributed by atoms with E-state index in [0.29, 0.717) is 11.7 Å². The molecule has 5 heteroatoms. The van der Waals surface area contributed by atoms with Crippen LogP contribution in [0.2, 0.25) is 0 Å². The van der Waals surface area contributed by atoms with E-state index in [1.54, 1.807) is 17.7 Å². The van der Waals surface area contributed by atoms with Crippen LogP contribution >= 0.6 is 11.3 Å². The van der Waals surface area contributed by atoms with Crippen molar-refractivity contribution in [3.8, 4) is 0 Å². The van der Waals surface area contributed by atoms with Gasteiger partial charge in [0.05, 0.1) is 5.52 Å². The maximum absolute atomic E-state index is 5.79. The Labute approximate surface area is 121 Å². The molecule has 3 aromatic rings. The molecule has 0 aliphatic rings. The molecule has 102 valence electrons. The molecular formula is C15H16N4S. The van der Waals surface area contributed by atoms with Crippen molar-refractivity contribution in [3.63, 3.8) is 0 Å². The first-order valence-corrected chi connectivity index (χ1v) is 7.39. The Kier molecular flexibility index (Phi) is 3.52. The molecule has 3 N–H and O–H groups in total. The number of nitrogens with zero attached hydrogens (tertiary/aromatic N) is 2. The third-order valence-corrected chi connectivity index (χ3v) is 4.03. The quantitative estimate of drug-likeness (QED) is 0.721. The van der Waals surface area contributed by atoms with E-state index in [0.717, 1.165) is 23.1 Å². The normalized spacial score (nSPS) is 12.4. The van der Waals surface area contributed by atoms with Crippen LogP contribution in [-0.2, 0) is 6.42 Å². The summed E-state index contributed by atoms with van der Waals surface area (Å²) in [5, 5.41) is 6.56. The van der Waals surface area contributed by atoms with Gasteiger partial charge in [-0.3, -0.25) is 0 Å². The highest BCUT2D eigenvalue weighted by Crippen LogP contribution is 2.22. The summed E-state index contributed by atoms with van der Waals surface area (Å²) in [6.45, 7) is 2.16. The number of nitrogens with one attached hydrogen (secondary N) is 1. The minimum absolute atomic E-state index is 0.310. The van der Waals surface area contributed by atoms with E-state index in [4.69, 9.17) is 5.73 Å². The second kappa shape index (κ2) is 5.46. The van der Waals surface area contributed by atoms with Crippen LogP contribution in [-0.4, -0.2) is 16.0 Å². The number of anilines is 2. The van der Waals surface area contributed by atoms with Gasteiger partial charge in [0.25, 0.3) is 0 Å². The van der Waals surface area contributed by atoms with Crippen molar-refractivity contribution in [1.82, 2.24) is 9.97 Å². The fourth-order valence-electron chi connectivity index (χ4n) is 2.20. The fourth-order valence-corrected chi connectivity index (χ4v) is 3.04. The maximum atomic E-state index is 5.79. The number of aromatic nitrogens is 2. The topological polar surface area (TPSA) is 63.8 Å².